The van der Waals surface area contributed by atoms with Crippen molar-refractivity contribution in [1.82, 2.24) is 0 Å². The number of benzene rings is 1. The molecule has 5 N–H and O–H groups in total. The molecule has 1 aliphatic rings. The Morgan fingerprint density at radius 1 is 1.09 bits per heavy atom. The van der Waals surface area contributed by atoms with E-state index in [4.69, 9.17) is 14.6 Å². The molecule has 0 aromatic heterocycles. The van der Waals surface area contributed by atoms with Crippen LogP contribution in [-0.4, -0.2) is 68.9 Å². The summed E-state index contributed by atoms with van der Waals surface area (Å²) in [5.74, 6) is 0.426. The molecular weight excluding hydrogens is 304 g/mol. The highest BCUT2D eigenvalue weighted by atomic mass is 16.7. The van der Waals surface area contributed by atoms with Gasteiger partial charge in [-0.15, -0.1) is 0 Å². The van der Waals surface area contributed by atoms with Crippen LogP contribution < -0.4 is 4.74 Å². The number of aliphatic hydroxyl groups excluding tert-OH is 5. The Balaban J connectivity index is 1.97. The Kier molecular flexibility index (Phi) is 6.34. The Morgan fingerprint density at radius 3 is 2.30 bits per heavy atom. The molecule has 0 spiro atoms. The molecule has 1 fully saturated rings. The maximum Gasteiger partial charge on any atom is 0.229 e. The van der Waals surface area contributed by atoms with Crippen molar-refractivity contribution in [3.63, 3.8) is 0 Å². The van der Waals surface area contributed by atoms with Gasteiger partial charge in [-0.05, 0) is 37.5 Å². The van der Waals surface area contributed by atoms with Crippen LogP contribution in [0.2, 0.25) is 0 Å². The van der Waals surface area contributed by atoms with Crippen molar-refractivity contribution in [3.05, 3.63) is 29.8 Å². The Hall–Kier alpha value is -1.22. The second-order valence-electron chi connectivity index (χ2n) is 5.85. The van der Waals surface area contributed by atoms with E-state index in [-0.39, 0.29) is 6.10 Å². The van der Waals surface area contributed by atoms with Gasteiger partial charge >= 0.3 is 0 Å². The predicted octanol–water partition coefficient (Wildman–Crippen LogP) is -0.821. The van der Waals surface area contributed by atoms with Gasteiger partial charge in [0.25, 0.3) is 0 Å². The van der Waals surface area contributed by atoms with Crippen LogP contribution in [0.15, 0.2) is 24.3 Å². The second-order valence-corrected chi connectivity index (χ2v) is 5.85. The fourth-order valence-corrected chi connectivity index (χ4v) is 2.41. The minimum Gasteiger partial charge on any atom is -0.462 e. The third kappa shape index (κ3) is 4.63. The molecule has 7 nitrogen and oxygen atoms in total. The standard InChI is InChI=1S/C16H24O7/c1-9(18)2-3-10-4-6-11(7-5-10)22-16-15(21)14(20)13(19)12(8-17)23-16/h4-7,9,12-21H,2-3,8H2,1H3/t9-,12-,13-,14+,15-,16-/m1/s1. The molecule has 1 aromatic rings. The van der Waals surface area contributed by atoms with Gasteiger partial charge < -0.3 is 35.0 Å². The van der Waals surface area contributed by atoms with Gasteiger partial charge in [0.15, 0.2) is 0 Å². The maximum absolute atomic E-state index is 9.91. The van der Waals surface area contributed by atoms with E-state index in [9.17, 15) is 20.4 Å². The van der Waals surface area contributed by atoms with Gasteiger partial charge in [-0.25, -0.2) is 0 Å². The first-order valence-corrected chi connectivity index (χ1v) is 7.66. The molecule has 0 radical (unpaired) electrons. The molecule has 0 aliphatic carbocycles. The fraction of sp³-hybridized carbons (Fsp3) is 0.625. The van der Waals surface area contributed by atoms with E-state index >= 15 is 0 Å². The van der Waals surface area contributed by atoms with Crippen molar-refractivity contribution in [2.75, 3.05) is 6.61 Å². The van der Waals surface area contributed by atoms with Gasteiger partial charge in [-0.1, -0.05) is 12.1 Å². The highest BCUT2D eigenvalue weighted by Crippen LogP contribution is 2.24. The van der Waals surface area contributed by atoms with Crippen molar-refractivity contribution >= 4 is 0 Å². The molecule has 0 unspecified atom stereocenters. The van der Waals surface area contributed by atoms with Gasteiger partial charge in [0, 0.05) is 0 Å². The van der Waals surface area contributed by atoms with Crippen LogP contribution in [-0.2, 0) is 11.2 Å². The molecule has 1 saturated heterocycles. The van der Waals surface area contributed by atoms with Crippen LogP contribution in [0.5, 0.6) is 5.75 Å². The molecule has 0 amide bonds. The second kappa shape index (κ2) is 8.05. The summed E-state index contributed by atoms with van der Waals surface area (Å²) in [6.45, 7) is 1.24. The van der Waals surface area contributed by atoms with Gasteiger partial charge in [0.2, 0.25) is 6.29 Å². The van der Waals surface area contributed by atoms with Crippen LogP contribution in [0.1, 0.15) is 18.9 Å². The normalized spacial score (nSPS) is 32.5. The molecule has 130 valence electrons. The molecule has 1 aliphatic heterocycles. The van der Waals surface area contributed by atoms with Crippen LogP contribution in [0.3, 0.4) is 0 Å². The van der Waals surface area contributed by atoms with E-state index in [1.54, 1.807) is 19.1 Å². The number of aryl methyl sites for hydroxylation is 1. The summed E-state index contributed by atoms with van der Waals surface area (Å²) in [4.78, 5) is 0. The van der Waals surface area contributed by atoms with Gasteiger partial charge in [0.05, 0.1) is 12.7 Å². The largest absolute Gasteiger partial charge is 0.462 e. The maximum atomic E-state index is 9.91. The minimum absolute atomic E-state index is 0.361. The Morgan fingerprint density at radius 2 is 1.74 bits per heavy atom. The highest BCUT2D eigenvalue weighted by Gasteiger charge is 2.44. The molecule has 23 heavy (non-hydrogen) atoms. The number of rotatable bonds is 6. The predicted molar refractivity (Wildman–Crippen MR) is 80.8 cm³/mol. The van der Waals surface area contributed by atoms with Crippen LogP contribution in [0.25, 0.3) is 0 Å². The first-order valence-electron chi connectivity index (χ1n) is 7.66. The lowest BCUT2D eigenvalue weighted by molar-refractivity contribution is -0.277. The third-order valence-corrected chi connectivity index (χ3v) is 3.87. The molecule has 2 rings (SSSR count). The Bertz CT molecular complexity index is 474. The van der Waals surface area contributed by atoms with E-state index in [1.165, 1.54) is 0 Å². The summed E-state index contributed by atoms with van der Waals surface area (Å²) >= 11 is 0. The fourth-order valence-electron chi connectivity index (χ4n) is 2.41. The van der Waals surface area contributed by atoms with Crippen molar-refractivity contribution in [2.24, 2.45) is 0 Å². The molecule has 0 bridgehead atoms. The SMILES string of the molecule is C[C@@H](O)CCc1ccc(O[C@@H]2O[C@H](CO)[C@@H](O)[C@H](O)[C@H]2O)cc1. The number of hydrogen-bond acceptors (Lipinski definition) is 7. The molecule has 1 heterocycles. The molecule has 0 saturated carbocycles. The van der Waals surface area contributed by atoms with Crippen LogP contribution in [0, 0.1) is 0 Å². The summed E-state index contributed by atoms with van der Waals surface area (Å²) < 4.78 is 10.8. The number of aliphatic hydroxyl groups is 5. The van der Waals surface area contributed by atoms with Gasteiger partial charge in [0.1, 0.15) is 30.2 Å². The van der Waals surface area contributed by atoms with Crippen molar-refractivity contribution in [1.29, 1.82) is 0 Å². The number of hydrogen-bond donors (Lipinski definition) is 5. The van der Waals surface area contributed by atoms with E-state index < -0.39 is 37.3 Å². The monoisotopic (exact) mass is 328 g/mol. The summed E-state index contributed by atoms with van der Waals surface area (Å²) in [5, 5.41) is 47.8. The molecular formula is C16H24O7. The first-order chi connectivity index (χ1) is 10.9. The van der Waals surface area contributed by atoms with E-state index in [1.807, 2.05) is 12.1 Å². The van der Waals surface area contributed by atoms with Crippen molar-refractivity contribution in [2.45, 2.75) is 56.6 Å². The van der Waals surface area contributed by atoms with E-state index in [0.717, 1.165) is 12.0 Å². The smallest absolute Gasteiger partial charge is 0.229 e. The molecule has 7 heteroatoms. The van der Waals surface area contributed by atoms with E-state index in [2.05, 4.69) is 0 Å². The average Bonchev–Trinajstić information content (AvgIpc) is 2.54. The summed E-state index contributed by atoms with van der Waals surface area (Å²) in [7, 11) is 0. The minimum atomic E-state index is -1.46. The van der Waals surface area contributed by atoms with Gasteiger partial charge in [-0.2, -0.15) is 0 Å². The highest BCUT2D eigenvalue weighted by molar-refractivity contribution is 5.27. The van der Waals surface area contributed by atoms with Gasteiger partial charge in [-0.3, -0.25) is 0 Å². The lowest BCUT2D eigenvalue weighted by atomic mass is 9.99. The van der Waals surface area contributed by atoms with Crippen LogP contribution >= 0.6 is 0 Å². The van der Waals surface area contributed by atoms with Crippen molar-refractivity contribution < 1.29 is 35.0 Å². The average molecular weight is 328 g/mol. The molecule has 1 aromatic carbocycles. The lowest BCUT2D eigenvalue weighted by Crippen LogP contribution is -2.60. The summed E-state index contributed by atoms with van der Waals surface area (Å²) in [5.41, 5.74) is 1.03. The summed E-state index contributed by atoms with van der Waals surface area (Å²) in [6, 6.07) is 7.06. The number of ether oxygens (including phenoxy) is 2. The zero-order chi connectivity index (χ0) is 17.0. The topological polar surface area (TPSA) is 120 Å². The van der Waals surface area contributed by atoms with E-state index in [0.29, 0.717) is 12.2 Å². The van der Waals surface area contributed by atoms with Crippen molar-refractivity contribution in [3.8, 4) is 5.75 Å². The zero-order valence-corrected chi connectivity index (χ0v) is 12.9. The lowest BCUT2D eigenvalue weighted by Gasteiger charge is -2.39. The first kappa shape index (κ1) is 18.1. The molecule has 6 atom stereocenters. The Labute approximate surface area is 134 Å². The quantitative estimate of drug-likeness (QED) is 0.463. The summed E-state index contributed by atoms with van der Waals surface area (Å²) in [6.07, 6.45) is -5.44. The van der Waals surface area contributed by atoms with Crippen LogP contribution in [0.4, 0.5) is 0 Å². The zero-order valence-electron chi connectivity index (χ0n) is 12.9. The third-order valence-electron chi connectivity index (χ3n) is 3.87.